The lowest BCUT2D eigenvalue weighted by molar-refractivity contribution is -0.121. The highest BCUT2D eigenvalue weighted by Gasteiger charge is 2.24. The fraction of sp³-hybridized carbons (Fsp3) is 0.857. The highest BCUT2D eigenvalue weighted by atomic mass is 32.2. The van der Waals surface area contributed by atoms with Crippen LogP contribution in [0, 0.1) is 0 Å². The van der Waals surface area contributed by atoms with Gasteiger partial charge in [0.2, 0.25) is 10.0 Å². The maximum Gasteiger partial charge on any atom is 0.250 e. The Hall–Kier alpha value is -0.620. The molecule has 1 rings (SSSR count). The van der Waals surface area contributed by atoms with E-state index in [2.05, 4.69) is 5.32 Å². The topological polar surface area (TPSA) is 75.3 Å². The molecule has 0 radical (unpaired) electrons. The molecule has 6 heteroatoms. The minimum atomic E-state index is -3.40. The van der Waals surface area contributed by atoms with Gasteiger partial charge in [0.25, 0.3) is 5.91 Å². The van der Waals surface area contributed by atoms with E-state index in [-0.39, 0.29) is 11.8 Å². The molecule has 0 aromatic heterocycles. The van der Waals surface area contributed by atoms with Crippen molar-refractivity contribution in [2.45, 2.75) is 25.8 Å². The highest BCUT2D eigenvalue weighted by Crippen LogP contribution is 2.04. The third kappa shape index (κ3) is 2.96. The van der Waals surface area contributed by atoms with Crippen molar-refractivity contribution in [2.75, 3.05) is 12.3 Å². The van der Waals surface area contributed by atoms with Gasteiger partial charge in [-0.2, -0.15) is 0 Å². The van der Waals surface area contributed by atoms with E-state index < -0.39 is 15.9 Å². The molecule has 1 fully saturated rings. The van der Waals surface area contributed by atoms with Gasteiger partial charge in [-0.15, -0.1) is 0 Å². The fourth-order valence-corrected chi connectivity index (χ4v) is 1.80. The summed E-state index contributed by atoms with van der Waals surface area (Å²) in [7, 11) is -3.40. The molecule has 0 unspecified atom stereocenters. The maximum absolute atomic E-state index is 11.3. The quantitative estimate of drug-likeness (QED) is 0.634. The molecule has 5 nitrogen and oxygen atoms in total. The predicted molar refractivity (Wildman–Crippen MR) is 48.6 cm³/mol. The molecule has 0 aromatic carbocycles. The average Bonchev–Trinajstić information content (AvgIpc) is 2.55. The molecule has 0 aliphatic carbocycles. The second-order valence-electron chi connectivity index (χ2n) is 3.02. The van der Waals surface area contributed by atoms with Gasteiger partial charge in [-0.3, -0.25) is 9.52 Å². The molecule has 1 atom stereocenters. The molecule has 1 aliphatic heterocycles. The third-order valence-corrected chi connectivity index (χ3v) is 3.29. The molecule has 0 aromatic rings. The van der Waals surface area contributed by atoms with Crippen LogP contribution in [-0.4, -0.2) is 32.7 Å². The van der Waals surface area contributed by atoms with Crippen molar-refractivity contribution in [3.8, 4) is 0 Å². The van der Waals surface area contributed by atoms with Gasteiger partial charge in [0, 0.05) is 0 Å². The summed E-state index contributed by atoms with van der Waals surface area (Å²) in [6, 6.07) is -0.332. The van der Waals surface area contributed by atoms with Crippen LogP contribution in [0.3, 0.4) is 0 Å². The van der Waals surface area contributed by atoms with E-state index in [1.165, 1.54) is 6.92 Å². The lowest BCUT2D eigenvalue weighted by Crippen LogP contribution is -2.43. The van der Waals surface area contributed by atoms with E-state index in [1.54, 1.807) is 0 Å². The van der Waals surface area contributed by atoms with Crippen molar-refractivity contribution in [1.29, 1.82) is 0 Å². The first kappa shape index (κ1) is 10.5. The average molecular weight is 206 g/mol. The zero-order valence-electron chi connectivity index (χ0n) is 7.54. The van der Waals surface area contributed by atoms with Crippen LogP contribution in [0.5, 0.6) is 0 Å². The highest BCUT2D eigenvalue weighted by molar-refractivity contribution is 7.90. The molecule has 76 valence electrons. The number of carbonyl (C=O) groups is 1. The fourth-order valence-electron chi connectivity index (χ4n) is 1.20. The van der Waals surface area contributed by atoms with Crippen LogP contribution < -0.4 is 10.0 Å². The van der Waals surface area contributed by atoms with Gasteiger partial charge in [0.1, 0.15) is 0 Å². The number of hydrogen-bond donors (Lipinski definition) is 2. The maximum atomic E-state index is 11.3. The van der Waals surface area contributed by atoms with Crippen LogP contribution in [0.15, 0.2) is 0 Å². The molecule has 0 bridgehead atoms. The van der Waals surface area contributed by atoms with Gasteiger partial charge < -0.3 is 5.32 Å². The molecule has 2 N–H and O–H groups in total. The first-order valence-corrected chi connectivity index (χ1v) is 5.98. The van der Waals surface area contributed by atoms with E-state index >= 15 is 0 Å². The van der Waals surface area contributed by atoms with Crippen molar-refractivity contribution >= 4 is 15.9 Å². The Balaban J connectivity index is 2.49. The van der Waals surface area contributed by atoms with Gasteiger partial charge in [-0.1, -0.05) is 0 Å². The molecule has 13 heavy (non-hydrogen) atoms. The van der Waals surface area contributed by atoms with Gasteiger partial charge in [-0.25, -0.2) is 8.42 Å². The molecular weight excluding hydrogens is 192 g/mol. The summed E-state index contributed by atoms with van der Waals surface area (Å²) < 4.78 is 24.0. The van der Waals surface area contributed by atoms with E-state index in [0.29, 0.717) is 6.42 Å². The number of amides is 1. The molecule has 1 heterocycles. The Labute approximate surface area is 77.9 Å². The minimum absolute atomic E-state index is 0.0640. The Bertz CT molecular complexity index is 280. The molecule has 1 amide bonds. The normalized spacial score (nSPS) is 23.0. The van der Waals surface area contributed by atoms with Gasteiger partial charge >= 0.3 is 0 Å². The summed E-state index contributed by atoms with van der Waals surface area (Å²) in [5, 5.41) is 2.93. The Morgan fingerprint density at radius 1 is 1.62 bits per heavy atom. The Morgan fingerprint density at radius 2 is 2.31 bits per heavy atom. The summed E-state index contributed by atoms with van der Waals surface area (Å²) in [5.74, 6) is -0.495. The van der Waals surface area contributed by atoms with Crippen molar-refractivity contribution in [2.24, 2.45) is 0 Å². The number of hydrogen-bond acceptors (Lipinski definition) is 4. The van der Waals surface area contributed by atoms with E-state index in [9.17, 15) is 13.2 Å². The summed E-state index contributed by atoms with van der Waals surface area (Å²) in [6.07, 6.45) is 1.63. The van der Waals surface area contributed by atoms with Gasteiger partial charge in [-0.05, 0) is 26.3 Å². The summed E-state index contributed by atoms with van der Waals surface area (Å²) in [5.41, 5.74) is 0. The first-order chi connectivity index (χ1) is 6.05. The minimum Gasteiger partial charge on any atom is -0.306 e. The SMILES string of the molecule is CCS(=O)(=O)NC(=O)[C@@H]1CCCN1. The summed E-state index contributed by atoms with van der Waals surface area (Å²) >= 11 is 0. The standard InChI is InChI=1S/C7H14N2O3S/c1-2-13(11,12)9-7(10)6-4-3-5-8-6/h6,8H,2-5H2,1H3,(H,9,10)/t6-/m0/s1. The number of carbonyl (C=O) groups excluding carboxylic acids is 1. The van der Waals surface area contributed by atoms with Gasteiger partial charge in [0.15, 0.2) is 0 Å². The lowest BCUT2D eigenvalue weighted by Gasteiger charge is -2.09. The smallest absolute Gasteiger partial charge is 0.250 e. The summed E-state index contributed by atoms with van der Waals surface area (Å²) in [6.45, 7) is 2.28. The molecule has 0 spiro atoms. The van der Waals surface area contributed by atoms with E-state index in [1.807, 2.05) is 4.72 Å². The van der Waals surface area contributed by atoms with Gasteiger partial charge in [0.05, 0.1) is 11.8 Å². The van der Waals surface area contributed by atoms with Crippen LogP contribution in [0.2, 0.25) is 0 Å². The van der Waals surface area contributed by atoms with Crippen molar-refractivity contribution in [3.63, 3.8) is 0 Å². The Morgan fingerprint density at radius 3 is 2.77 bits per heavy atom. The van der Waals surface area contributed by atoms with Crippen LogP contribution in [0.4, 0.5) is 0 Å². The van der Waals surface area contributed by atoms with Crippen molar-refractivity contribution in [3.05, 3.63) is 0 Å². The second kappa shape index (κ2) is 4.06. The number of rotatable bonds is 3. The van der Waals surface area contributed by atoms with E-state index in [0.717, 1.165) is 13.0 Å². The van der Waals surface area contributed by atoms with Crippen LogP contribution in [0.25, 0.3) is 0 Å². The van der Waals surface area contributed by atoms with Crippen LogP contribution >= 0.6 is 0 Å². The first-order valence-electron chi connectivity index (χ1n) is 4.33. The monoisotopic (exact) mass is 206 g/mol. The molecule has 1 aliphatic rings. The van der Waals surface area contributed by atoms with Crippen LogP contribution in [0.1, 0.15) is 19.8 Å². The largest absolute Gasteiger partial charge is 0.306 e. The Kier molecular flexibility index (Phi) is 3.27. The third-order valence-electron chi connectivity index (χ3n) is 2.01. The number of nitrogens with one attached hydrogen (secondary N) is 2. The lowest BCUT2D eigenvalue weighted by atomic mass is 10.2. The zero-order valence-corrected chi connectivity index (χ0v) is 8.36. The van der Waals surface area contributed by atoms with Crippen molar-refractivity contribution in [1.82, 2.24) is 10.0 Å². The zero-order chi connectivity index (χ0) is 9.90. The molecule has 1 saturated heterocycles. The number of sulfonamides is 1. The van der Waals surface area contributed by atoms with Crippen molar-refractivity contribution < 1.29 is 13.2 Å². The predicted octanol–water partition coefficient (Wildman–Crippen LogP) is -0.796. The molecular formula is C7H14N2O3S. The molecule has 0 saturated carbocycles. The van der Waals surface area contributed by atoms with E-state index in [4.69, 9.17) is 0 Å². The summed E-state index contributed by atoms with van der Waals surface area (Å²) in [4.78, 5) is 11.3. The second-order valence-corrected chi connectivity index (χ2v) is 5.03. The van der Waals surface area contributed by atoms with Crippen LogP contribution in [-0.2, 0) is 14.8 Å².